The van der Waals surface area contributed by atoms with Crippen molar-refractivity contribution in [1.82, 2.24) is 0 Å². The second-order valence-electron chi connectivity index (χ2n) is 4.41. The Kier molecular flexibility index (Phi) is 3.30. The van der Waals surface area contributed by atoms with E-state index in [0.717, 1.165) is 0 Å². The van der Waals surface area contributed by atoms with Gasteiger partial charge < -0.3 is 0 Å². The molecule has 0 saturated heterocycles. The van der Waals surface area contributed by atoms with Crippen LogP contribution >= 0.6 is 15.9 Å². The van der Waals surface area contributed by atoms with E-state index in [1.807, 2.05) is 0 Å². The molecule has 0 aliphatic heterocycles. The van der Waals surface area contributed by atoms with Gasteiger partial charge in [-0.3, -0.25) is 0 Å². The van der Waals surface area contributed by atoms with Crippen LogP contribution in [0.1, 0.15) is 0 Å². The Bertz CT molecular complexity index is 677. The van der Waals surface area contributed by atoms with Crippen molar-refractivity contribution in [1.29, 1.82) is 0 Å². The predicted octanol–water partition coefficient (Wildman–Crippen LogP) is 2.72. The molecule has 0 aliphatic carbocycles. The van der Waals surface area contributed by atoms with Gasteiger partial charge in [-0.2, -0.15) is 0 Å². The average Bonchev–Trinajstić information content (AvgIpc) is 2.41. The van der Waals surface area contributed by atoms with Crippen LogP contribution < -0.4 is 10.4 Å². The van der Waals surface area contributed by atoms with Crippen LogP contribution in [0.2, 0.25) is 0 Å². The molecular formula is C16H13BrSi. The number of benzene rings is 3. The summed E-state index contributed by atoms with van der Waals surface area (Å²) in [5.74, 6) is 0. The van der Waals surface area contributed by atoms with Crippen LogP contribution in [0.4, 0.5) is 0 Å². The third kappa shape index (κ3) is 2.26. The Labute approximate surface area is 118 Å². The number of hydrogen-bond acceptors (Lipinski definition) is 0. The molecule has 3 aromatic carbocycles. The van der Waals surface area contributed by atoms with Gasteiger partial charge in [-0.05, 0) is 16.8 Å². The monoisotopic (exact) mass is 312 g/mol. The summed E-state index contributed by atoms with van der Waals surface area (Å²) in [5, 5.41) is 5.71. The van der Waals surface area contributed by atoms with Crippen molar-refractivity contribution in [2.45, 2.75) is 0 Å². The van der Waals surface area contributed by atoms with E-state index >= 15 is 0 Å². The molecule has 0 aliphatic rings. The molecule has 88 valence electrons. The largest absolute Gasteiger partial charge is 0.0883 e. The average molecular weight is 313 g/mol. The first-order valence-electron chi connectivity index (χ1n) is 6.04. The topological polar surface area (TPSA) is 0 Å². The molecular weight excluding hydrogens is 300 g/mol. The Morgan fingerprint density at radius 2 is 1.39 bits per heavy atom. The molecule has 0 fully saturated rings. The smallest absolute Gasteiger partial charge is 0.0633 e. The third-order valence-corrected chi connectivity index (χ3v) is 5.77. The van der Waals surface area contributed by atoms with Crippen molar-refractivity contribution in [2.75, 3.05) is 0 Å². The zero-order chi connectivity index (χ0) is 12.4. The fourth-order valence-electron chi connectivity index (χ4n) is 2.31. The summed E-state index contributed by atoms with van der Waals surface area (Å²) in [6.45, 7) is 0. The molecule has 0 radical (unpaired) electrons. The Balaban J connectivity index is 2.10. The first-order valence-corrected chi connectivity index (χ1v) is 8.25. The van der Waals surface area contributed by atoms with E-state index in [2.05, 4.69) is 82.7 Å². The molecule has 0 amide bonds. The van der Waals surface area contributed by atoms with Crippen molar-refractivity contribution in [3.05, 3.63) is 71.2 Å². The first kappa shape index (κ1) is 11.7. The number of halogens is 1. The highest BCUT2D eigenvalue weighted by Gasteiger charge is 2.04. The summed E-state index contributed by atoms with van der Waals surface area (Å²) in [6.07, 6.45) is 0. The second kappa shape index (κ2) is 5.08. The predicted molar refractivity (Wildman–Crippen MR) is 85.9 cm³/mol. The summed E-state index contributed by atoms with van der Waals surface area (Å²) >= 11 is 3.63. The van der Waals surface area contributed by atoms with Gasteiger partial charge in [0.05, 0.1) is 9.52 Å². The molecule has 0 unspecified atom stereocenters. The molecule has 0 N–H and O–H groups in total. The Hall–Kier alpha value is -1.38. The van der Waals surface area contributed by atoms with Crippen LogP contribution in [-0.4, -0.2) is 9.52 Å². The minimum atomic E-state index is -0.393. The van der Waals surface area contributed by atoms with E-state index in [1.54, 1.807) is 0 Å². The molecule has 0 spiro atoms. The van der Waals surface area contributed by atoms with Crippen LogP contribution in [0, 0.1) is 0 Å². The van der Waals surface area contributed by atoms with Gasteiger partial charge in [-0.15, -0.1) is 0 Å². The number of fused-ring (bicyclic) bond motifs is 1. The van der Waals surface area contributed by atoms with Gasteiger partial charge in [0, 0.05) is 4.47 Å². The molecule has 0 atom stereocenters. The summed E-state index contributed by atoms with van der Waals surface area (Å²) in [6, 6.07) is 23.9. The molecule has 0 bridgehead atoms. The van der Waals surface area contributed by atoms with Crippen LogP contribution in [0.15, 0.2) is 71.2 Å². The van der Waals surface area contributed by atoms with Crippen molar-refractivity contribution < 1.29 is 0 Å². The van der Waals surface area contributed by atoms with E-state index in [-0.39, 0.29) is 0 Å². The zero-order valence-corrected chi connectivity index (χ0v) is 12.9. The second-order valence-corrected chi connectivity index (χ2v) is 7.20. The Morgan fingerprint density at radius 1 is 0.667 bits per heavy atom. The highest BCUT2D eigenvalue weighted by atomic mass is 79.9. The van der Waals surface area contributed by atoms with Crippen LogP contribution in [0.3, 0.4) is 0 Å². The Morgan fingerprint density at radius 3 is 2.22 bits per heavy atom. The van der Waals surface area contributed by atoms with Crippen LogP contribution in [0.5, 0.6) is 0 Å². The quantitative estimate of drug-likeness (QED) is 0.638. The van der Waals surface area contributed by atoms with Crippen LogP contribution in [-0.2, 0) is 0 Å². The van der Waals surface area contributed by atoms with Gasteiger partial charge in [0.1, 0.15) is 0 Å². The van der Waals surface area contributed by atoms with Crippen molar-refractivity contribution >= 4 is 46.6 Å². The lowest BCUT2D eigenvalue weighted by Gasteiger charge is -2.07. The maximum Gasteiger partial charge on any atom is 0.0883 e. The maximum atomic E-state index is 3.63. The molecule has 18 heavy (non-hydrogen) atoms. The third-order valence-electron chi connectivity index (χ3n) is 3.20. The zero-order valence-electron chi connectivity index (χ0n) is 9.94. The molecule has 0 nitrogen and oxygen atoms in total. The molecule has 0 heterocycles. The molecule has 0 aromatic heterocycles. The van der Waals surface area contributed by atoms with Gasteiger partial charge in [-0.25, -0.2) is 0 Å². The molecule has 3 rings (SSSR count). The van der Waals surface area contributed by atoms with Crippen molar-refractivity contribution in [3.63, 3.8) is 0 Å². The summed E-state index contributed by atoms with van der Waals surface area (Å²) in [7, 11) is -0.393. The SMILES string of the molecule is Brc1cccc2c([SiH2]c3ccccc3)cccc12. The van der Waals surface area contributed by atoms with E-state index < -0.39 is 9.52 Å². The van der Waals surface area contributed by atoms with E-state index in [4.69, 9.17) is 0 Å². The lowest BCUT2D eigenvalue weighted by Crippen LogP contribution is -2.27. The highest BCUT2D eigenvalue weighted by Crippen LogP contribution is 2.21. The summed E-state index contributed by atoms with van der Waals surface area (Å²) < 4.78 is 1.18. The maximum absolute atomic E-state index is 3.63. The van der Waals surface area contributed by atoms with Gasteiger partial charge in [0.2, 0.25) is 0 Å². The fraction of sp³-hybridized carbons (Fsp3) is 0. The van der Waals surface area contributed by atoms with Crippen molar-refractivity contribution in [3.8, 4) is 0 Å². The summed E-state index contributed by atoms with van der Waals surface area (Å²) in [4.78, 5) is 0. The van der Waals surface area contributed by atoms with Gasteiger partial charge in [0.25, 0.3) is 0 Å². The molecule has 3 aromatic rings. The van der Waals surface area contributed by atoms with Gasteiger partial charge >= 0.3 is 0 Å². The number of hydrogen-bond donors (Lipinski definition) is 0. The lowest BCUT2D eigenvalue weighted by molar-refractivity contribution is 1.73. The van der Waals surface area contributed by atoms with E-state index in [1.165, 1.54) is 25.6 Å². The van der Waals surface area contributed by atoms with Gasteiger partial charge in [0.15, 0.2) is 0 Å². The minimum absolute atomic E-state index is 0.393. The van der Waals surface area contributed by atoms with E-state index in [0.29, 0.717) is 0 Å². The lowest BCUT2D eigenvalue weighted by atomic mass is 10.1. The molecule has 2 heteroatoms. The van der Waals surface area contributed by atoms with Gasteiger partial charge in [-0.1, -0.05) is 87.0 Å². The van der Waals surface area contributed by atoms with E-state index in [9.17, 15) is 0 Å². The summed E-state index contributed by atoms with van der Waals surface area (Å²) in [5.41, 5.74) is 0. The first-order chi connectivity index (χ1) is 8.84. The standard InChI is InChI=1S/C16H13BrSi/c17-15-10-4-9-14-13(15)8-5-11-16(14)18-12-6-2-1-3-7-12/h1-11H,18H2. The minimum Gasteiger partial charge on any atom is -0.0633 e. The number of rotatable bonds is 2. The van der Waals surface area contributed by atoms with Crippen LogP contribution in [0.25, 0.3) is 10.8 Å². The van der Waals surface area contributed by atoms with Crippen molar-refractivity contribution in [2.24, 2.45) is 0 Å². The highest BCUT2D eigenvalue weighted by molar-refractivity contribution is 9.10. The normalized spacial score (nSPS) is 11.4. The molecule has 0 saturated carbocycles. The fourth-order valence-corrected chi connectivity index (χ4v) is 4.51.